The number of ether oxygens (including phenoxy) is 1. The lowest BCUT2D eigenvalue weighted by Gasteiger charge is -2.28. The first-order chi connectivity index (χ1) is 7.79. The first-order valence-electron chi connectivity index (χ1n) is 6.38. The number of thiocarbonyl (C=S) groups is 1. The molecule has 1 aliphatic heterocycles. The van der Waals surface area contributed by atoms with Crippen LogP contribution < -0.4 is 5.32 Å². The number of rotatable bonds is 2. The molecule has 2 aliphatic rings. The Morgan fingerprint density at radius 2 is 2.00 bits per heavy atom. The Morgan fingerprint density at radius 3 is 2.62 bits per heavy atom. The summed E-state index contributed by atoms with van der Waals surface area (Å²) in [5, 5.41) is 4.44. The van der Waals surface area contributed by atoms with Gasteiger partial charge in [-0.3, -0.25) is 0 Å². The molecule has 1 unspecified atom stereocenters. The van der Waals surface area contributed by atoms with Gasteiger partial charge in [0.15, 0.2) is 5.11 Å². The van der Waals surface area contributed by atoms with Gasteiger partial charge in [-0.25, -0.2) is 0 Å². The van der Waals surface area contributed by atoms with Gasteiger partial charge in [0.1, 0.15) is 0 Å². The molecular weight excluding hydrogens is 220 g/mol. The molecule has 2 fully saturated rings. The van der Waals surface area contributed by atoms with Crippen molar-refractivity contribution in [2.24, 2.45) is 0 Å². The third kappa shape index (κ3) is 3.08. The van der Waals surface area contributed by atoms with Crippen molar-refractivity contribution in [3.63, 3.8) is 0 Å². The van der Waals surface area contributed by atoms with Crippen LogP contribution in [0.1, 0.15) is 38.5 Å². The van der Waals surface area contributed by atoms with E-state index in [1.807, 2.05) is 0 Å². The molecule has 16 heavy (non-hydrogen) atoms. The SMILES string of the molecule is COC1CCN(C(=S)NC2CCCCC2)C1. The first kappa shape index (κ1) is 12.1. The minimum absolute atomic E-state index is 0.367. The molecule has 1 saturated carbocycles. The predicted octanol–water partition coefficient (Wildman–Crippen LogP) is 1.91. The molecule has 92 valence electrons. The van der Waals surface area contributed by atoms with Gasteiger partial charge in [-0.2, -0.15) is 0 Å². The topological polar surface area (TPSA) is 24.5 Å². The summed E-state index contributed by atoms with van der Waals surface area (Å²) in [4.78, 5) is 2.25. The van der Waals surface area contributed by atoms with Crippen LogP contribution in [0.4, 0.5) is 0 Å². The van der Waals surface area contributed by atoms with Crippen LogP contribution in [-0.4, -0.2) is 42.4 Å². The fraction of sp³-hybridized carbons (Fsp3) is 0.917. The van der Waals surface area contributed by atoms with Gasteiger partial charge < -0.3 is 15.0 Å². The molecule has 0 aromatic carbocycles. The highest BCUT2D eigenvalue weighted by Crippen LogP contribution is 2.18. The largest absolute Gasteiger partial charge is 0.380 e. The number of hydrogen-bond acceptors (Lipinski definition) is 2. The molecule has 1 atom stereocenters. The van der Waals surface area contributed by atoms with E-state index in [0.29, 0.717) is 12.1 Å². The Kier molecular flexibility index (Phi) is 4.41. The lowest BCUT2D eigenvalue weighted by Crippen LogP contribution is -2.44. The molecule has 1 aliphatic carbocycles. The summed E-state index contributed by atoms with van der Waals surface area (Å²) in [6.45, 7) is 1.99. The van der Waals surface area contributed by atoms with E-state index in [9.17, 15) is 0 Å². The molecule has 0 aromatic rings. The van der Waals surface area contributed by atoms with Crippen LogP contribution in [0.5, 0.6) is 0 Å². The second-order valence-electron chi connectivity index (χ2n) is 4.88. The second kappa shape index (κ2) is 5.82. The van der Waals surface area contributed by atoms with Gasteiger partial charge in [0.25, 0.3) is 0 Å². The molecule has 0 amide bonds. The van der Waals surface area contributed by atoms with E-state index >= 15 is 0 Å². The zero-order valence-corrected chi connectivity index (χ0v) is 10.9. The number of nitrogens with one attached hydrogen (secondary N) is 1. The zero-order valence-electron chi connectivity index (χ0n) is 10.1. The smallest absolute Gasteiger partial charge is 0.169 e. The Labute approximate surface area is 104 Å². The summed E-state index contributed by atoms with van der Waals surface area (Å²) in [6.07, 6.45) is 8.11. The standard InChI is InChI=1S/C12H22N2OS/c1-15-11-7-8-14(9-11)12(16)13-10-5-3-2-4-6-10/h10-11H,2-9H2,1H3,(H,13,16). The van der Waals surface area contributed by atoms with Gasteiger partial charge in [0, 0.05) is 26.2 Å². The van der Waals surface area contributed by atoms with Crippen LogP contribution in [0.3, 0.4) is 0 Å². The maximum atomic E-state index is 5.45. The summed E-state index contributed by atoms with van der Waals surface area (Å²) in [7, 11) is 1.78. The van der Waals surface area contributed by atoms with E-state index in [0.717, 1.165) is 24.6 Å². The lowest BCUT2D eigenvalue weighted by atomic mass is 9.96. The van der Waals surface area contributed by atoms with Crippen LogP contribution in [0.25, 0.3) is 0 Å². The van der Waals surface area contributed by atoms with Crippen molar-refractivity contribution in [1.29, 1.82) is 0 Å². The van der Waals surface area contributed by atoms with Gasteiger partial charge in [-0.05, 0) is 31.5 Å². The minimum Gasteiger partial charge on any atom is -0.380 e. The van der Waals surface area contributed by atoms with Gasteiger partial charge in [0.2, 0.25) is 0 Å². The molecule has 1 saturated heterocycles. The quantitative estimate of drug-likeness (QED) is 0.748. The van der Waals surface area contributed by atoms with E-state index in [2.05, 4.69) is 10.2 Å². The average Bonchev–Trinajstić information content (AvgIpc) is 2.79. The second-order valence-corrected chi connectivity index (χ2v) is 5.26. The van der Waals surface area contributed by atoms with Crippen molar-refractivity contribution in [2.45, 2.75) is 50.7 Å². The number of hydrogen-bond donors (Lipinski definition) is 1. The van der Waals surface area contributed by atoms with Gasteiger partial charge >= 0.3 is 0 Å². The van der Waals surface area contributed by atoms with E-state index in [1.54, 1.807) is 7.11 Å². The van der Waals surface area contributed by atoms with Gasteiger partial charge in [-0.15, -0.1) is 0 Å². The fourth-order valence-corrected chi connectivity index (χ4v) is 2.95. The maximum Gasteiger partial charge on any atom is 0.169 e. The molecule has 3 nitrogen and oxygen atoms in total. The molecule has 1 N–H and O–H groups in total. The third-order valence-corrected chi connectivity index (χ3v) is 4.07. The molecule has 4 heteroatoms. The Hall–Kier alpha value is -0.350. The molecule has 0 bridgehead atoms. The van der Waals surface area contributed by atoms with Crippen molar-refractivity contribution in [1.82, 2.24) is 10.2 Å². The monoisotopic (exact) mass is 242 g/mol. The van der Waals surface area contributed by atoms with Crippen LogP contribution >= 0.6 is 12.2 Å². The minimum atomic E-state index is 0.367. The molecular formula is C12H22N2OS. The summed E-state index contributed by atoms with van der Waals surface area (Å²) < 4.78 is 5.35. The first-order valence-corrected chi connectivity index (χ1v) is 6.78. The normalized spacial score (nSPS) is 27.1. The lowest BCUT2D eigenvalue weighted by molar-refractivity contribution is 0.114. The Balaban J connectivity index is 1.75. The van der Waals surface area contributed by atoms with Crippen LogP contribution in [0.2, 0.25) is 0 Å². The Morgan fingerprint density at radius 1 is 1.25 bits per heavy atom. The van der Waals surface area contributed by atoms with Gasteiger partial charge in [0.05, 0.1) is 6.10 Å². The van der Waals surface area contributed by atoms with Crippen LogP contribution in [0.15, 0.2) is 0 Å². The van der Waals surface area contributed by atoms with Crippen LogP contribution in [-0.2, 0) is 4.74 Å². The van der Waals surface area contributed by atoms with Gasteiger partial charge in [-0.1, -0.05) is 19.3 Å². The van der Waals surface area contributed by atoms with Crippen molar-refractivity contribution in [3.8, 4) is 0 Å². The molecule has 2 rings (SSSR count). The average molecular weight is 242 g/mol. The highest BCUT2D eigenvalue weighted by molar-refractivity contribution is 7.80. The van der Waals surface area contributed by atoms with Crippen molar-refractivity contribution in [3.05, 3.63) is 0 Å². The maximum absolute atomic E-state index is 5.45. The van der Waals surface area contributed by atoms with Crippen molar-refractivity contribution in [2.75, 3.05) is 20.2 Å². The Bertz CT molecular complexity index is 241. The molecule has 0 spiro atoms. The van der Waals surface area contributed by atoms with E-state index in [4.69, 9.17) is 17.0 Å². The number of likely N-dealkylation sites (tertiary alicyclic amines) is 1. The number of nitrogens with zero attached hydrogens (tertiary/aromatic N) is 1. The highest BCUT2D eigenvalue weighted by Gasteiger charge is 2.25. The molecule has 1 heterocycles. The van der Waals surface area contributed by atoms with E-state index < -0.39 is 0 Å². The third-order valence-electron chi connectivity index (χ3n) is 3.70. The fourth-order valence-electron chi connectivity index (χ4n) is 2.62. The molecule has 0 radical (unpaired) electrons. The zero-order chi connectivity index (χ0) is 11.4. The van der Waals surface area contributed by atoms with Crippen molar-refractivity contribution >= 4 is 17.3 Å². The highest BCUT2D eigenvalue weighted by atomic mass is 32.1. The van der Waals surface area contributed by atoms with E-state index in [-0.39, 0.29) is 0 Å². The molecule has 0 aromatic heterocycles. The summed E-state index contributed by atoms with van der Waals surface area (Å²) in [6, 6.07) is 0.614. The summed E-state index contributed by atoms with van der Waals surface area (Å²) in [5.41, 5.74) is 0. The van der Waals surface area contributed by atoms with Crippen LogP contribution in [0, 0.1) is 0 Å². The van der Waals surface area contributed by atoms with Crippen molar-refractivity contribution < 1.29 is 4.74 Å². The summed E-state index contributed by atoms with van der Waals surface area (Å²) >= 11 is 5.45. The predicted molar refractivity (Wildman–Crippen MR) is 69.6 cm³/mol. The summed E-state index contributed by atoms with van der Waals surface area (Å²) in [5.74, 6) is 0. The van der Waals surface area contributed by atoms with E-state index in [1.165, 1.54) is 32.1 Å². The number of methoxy groups -OCH3 is 1.